The number of rotatable bonds is 1. The van der Waals surface area contributed by atoms with Crippen molar-refractivity contribution in [3.63, 3.8) is 0 Å². The summed E-state index contributed by atoms with van der Waals surface area (Å²) in [5.41, 5.74) is 7.57. The smallest absolute Gasteiger partial charge is 0.0186 e. The topological polar surface area (TPSA) is 0 Å². The van der Waals surface area contributed by atoms with Gasteiger partial charge in [-0.15, -0.1) is 0 Å². The van der Waals surface area contributed by atoms with Gasteiger partial charge in [0.05, 0.1) is 0 Å². The third kappa shape index (κ3) is 1.90. The van der Waals surface area contributed by atoms with Crippen LogP contribution in [0.4, 0.5) is 0 Å². The molecule has 0 radical (unpaired) electrons. The minimum Gasteiger partial charge on any atom is -0.0590 e. The molecule has 0 saturated heterocycles. The molecule has 0 spiro atoms. The van der Waals surface area contributed by atoms with Gasteiger partial charge in [0.15, 0.2) is 0 Å². The van der Waals surface area contributed by atoms with Crippen LogP contribution in [0.15, 0.2) is 42.5 Å². The van der Waals surface area contributed by atoms with Crippen LogP contribution in [-0.2, 0) is 10.8 Å². The molecule has 0 heterocycles. The predicted octanol–water partition coefficient (Wildman–Crippen LogP) is 5.29. The van der Waals surface area contributed by atoms with E-state index >= 15 is 0 Å². The van der Waals surface area contributed by atoms with E-state index in [4.69, 9.17) is 0 Å². The van der Waals surface area contributed by atoms with Gasteiger partial charge < -0.3 is 0 Å². The van der Waals surface area contributed by atoms with E-state index in [0.717, 1.165) is 0 Å². The number of hydrogen-bond donors (Lipinski definition) is 0. The number of fused-ring (bicyclic) bond motifs is 1. The minimum absolute atomic E-state index is 0.137. The van der Waals surface area contributed by atoms with Crippen LogP contribution in [0.5, 0.6) is 0 Å². The molecule has 1 atom stereocenters. The summed E-state index contributed by atoms with van der Waals surface area (Å²) < 4.78 is 0. The number of aryl methyl sites for hydroxylation is 2. The van der Waals surface area contributed by atoms with E-state index in [2.05, 4.69) is 77.1 Å². The van der Waals surface area contributed by atoms with Gasteiger partial charge >= 0.3 is 0 Å². The fourth-order valence-electron chi connectivity index (χ4n) is 3.96. The van der Waals surface area contributed by atoms with Gasteiger partial charge in [0.25, 0.3) is 0 Å². The van der Waals surface area contributed by atoms with Crippen LogP contribution in [0, 0.1) is 13.8 Å². The first kappa shape index (κ1) is 13.4. The average molecular weight is 264 g/mol. The summed E-state index contributed by atoms with van der Waals surface area (Å²) in [7, 11) is 0. The lowest BCUT2D eigenvalue weighted by Crippen LogP contribution is -2.23. The molecule has 104 valence electrons. The molecule has 20 heavy (non-hydrogen) atoms. The second-order valence-electron chi connectivity index (χ2n) is 7.31. The Labute approximate surface area is 122 Å². The standard InChI is InChI=1S/C20H24/c1-14-6-9-16(10-7-14)20(5)13-19(3,4)17-11-8-15(2)12-18(17)20/h6-12H,13H2,1-5H3. The Morgan fingerprint density at radius 1 is 0.750 bits per heavy atom. The maximum atomic E-state index is 2.41. The summed E-state index contributed by atoms with van der Waals surface area (Å²) in [6.45, 7) is 11.5. The maximum Gasteiger partial charge on any atom is 0.0186 e. The quantitative estimate of drug-likeness (QED) is 0.656. The first-order valence-electron chi connectivity index (χ1n) is 7.52. The molecule has 0 nitrogen and oxygen atoms in total. The van der Waals surface area contributed by atoms with Gasteiger partial charge in [0, 0.05) is 5.41 Å². The van der Waals surface area contributed by atoms with Crippen molar-refractivity contribution in [1.29, 1.82) is 0 Å². The zero-order chi connectivity index (χ0) is 14.5. The predicted molar refractivity (Wildman–Crippen MR) is 86.5 cm³/mol. The van der Waals surface area contributed by atoms with Crippen molar-refractivity contribution in [3.05, 3.63) is 70.3 Å². The molecule has 0 aliphatic heterocycles. The Hall–Kier alpha value is -1.56. The Morgan fingerprint density at radius 2 is 1.35 bits per heavy atom. The van der Waals surface area contributed by atoms with Crippen LogP contribution in [0.1, 0.15) is 55.0 Å². The second kappa shape index (κ2) is 4.22. The van der Waals surface area contributed by atoms with E-state index in [-0.39, 0.29) is 10.8 Å². The summed E-state index contributed by atoms with van der Waals surface area (Å²) in [6.07, 6.45) is 1.18. The van der Waals surface area contributed by atoms with Gasteiger partial charge in [0.2, 0.25) is 0 Å². The first-order chi connectivity index (χ1) is 9.33. The Balaban J connectivity index is 2.21. The summed E-state index contributed by atoms with van der Waals surface area (Å²) in [6, 6.07) is 16.1. The zero-order valence-corrected chi connectivity index (χ0v) is 13.2. The lowest BCUT2D eigenvalue weighted by atomic mass is 9.75. The summed E-state index contributed by atoms with van der Waals surface area (Å²) in [5, 5.41) is 0. The average Bonchev–Trinajstić information content (AvgIpc) is 2.58. The largest absolute Gasteiger partial charge is 0.0590 e. The van der Waals surface area contributed by atoms with Crippen molar-refractivity contribution in [3.8, 4) is 0 Å². The van der Waals surface area contributed by atoms with Crippen molar-refractivity contribution < 1.29 is 0 Å². The van der Waals surface area contributed by atoms with Gasteiger partial charge in [-0.05, 0) is 42.4 Å². The summed E-state index contributed by atoms with van der Waals surface area (Å²) >= 11 is 0. The Morgan fingerprint density at radius 3 is 2.00 bits per heavy atom. The molecular weight excluding hydrogens is 240 g/mol. The molecule has 0 heteroatoms. The highest BCUT2D eigenvalue weighted by Crippen LogP contribution is 2.52. The Bertz CT molecular complexity index is 646. The van der Waals surface area contributed by atoms with Gasteiger partial charge in [-0.25, -0.2) is 0 Å². The fraction of sp³-hybridized carbons (Fsp3) is 0.400. The van der Waals surface area contributed by atoms with Gasteiger partial charge in [-0.3, -0.25) is 0 Å². The van der Waals surface area contributed by atoms with Crippen LogP contribution >= 0.6 is 0 Å². The molecule has 2 aromatic carbocycles. The van der Waals surface area contributed by atoms with E-state index in [1.807, 2.05) is 0 Å². The van der Waals surface area contributed by atoms with Crippen molar-refractivity contribution >= 4 is 0 Å². The molecule has 0 bridgehead atoms. The number of hydrogen-bond acceptors (Lipinski definition) is 0. The molecule has 0 aromatic heterocycles. The first-order valence-corrected chi connectivity index (χ1v) is 7.52. The highest BCUT2D eigenvalue weighted by Gasteiger charge is 2.45. The minimum atomic E-state index is 0.137. The summed E-state index contributed by atoms with van der Waals surface area (Å²) in [4.78, 5) is 0. The lowest BCUT2D eigenvalue weighted by molar-refractivity contribution is 0.425. The highest BCUT2D eigenvalue weighted by atomic mass is 14.5. The fourth-order valence-corrected chi connectivity index (χ4v) is 3.96. The van der Waals surface area contributed by atoms with E-state index in [1.165, 1.54) is 34.2 Å². The van der Waals surface area contributed by atoms with Crippen LogP contribution < -0.4 is 0 Å². The normalized spacial score (nSPS) is 23.6. The van der Waals surface area contributed by atoms with Gasteiger partial charge in [0.1, 0.15) is 0 Å². The molecule has 0 N–H and O–H groups in total. The van der Waals surface area contributed by atoms with E-state index < -0.39 is 0 Å². The van der Waals surface area contributed by atoms with Crippen molar-refractivity contribution in [2.45, 2.75) is 51.9 Å². The van der Waals surface area contributed by atoms with Crippen molar-refractivity contribution in [1.82, 2.24) is 0 Å². The highest BCUT2D eigenvalue weighted by molar-refractivity contribution is 5.52. The van der Waals surface area contributed by atoms with Gasteiger partial charge in [-0.1, -0.05) is 74.4 Å². The third-order valence-corrected chi connectivity index (χ3v) is 4.98. The van der Waals surface area contributed by atoms with Crippen LogP contribution in [0.2, 0.25) is 0 Å². The van der Waals surface area contributed by atoms with E-state index in [1.54, 1.807) is 0 Å². The molecule has 1 unspecified atom stereocenters. The molecule has 2 aromatic rings. The van der Waals surface area contributed by atoms with Gasteiger partial charge in [-0.2, -0.15) is 0 Å². The molecule has 1 aliphatic carbocycles. The monoisotopic (exact) mass is 264 g/mol. The maximum absolute atomic E-state index is 2.41. The molecule has 0 amide bonds. The van der Waals surface area contributed by atoms with E-state index in [0.29, 0.717) is 0 Å². The molecular formula is C20H24. The van der Waals surface area contributed by atoms with Crippen molar-refractivity contribution in [2.24, 2.45) is 0 Å². The third-order valence-electron chi connectivity index (χ3n) is 4.98. The number of benzene rings is 2. The SMILES string of the molecule is Cc1ccc(C2(C)CC(C)(C)c3ccc(C)cc32)cc1. The van der Waals surface area contributed by atoms with Crippen LogP contribution in [-0.4, -0.2) is 0 Å². The van der Waals surface area contributed by atoms with E-state index in [9.17, 15) is 0 Å². The lowest BCUT2D eigenvalue weighted by Gasteiger charge is -2.28. The zero-order valence-electron chi connectivity index (χ0n) is 13.2. The van der Waals surface area contributed by atoms with Crippen LogP contribution in [0.25, 0.3) is 0 Å². The molecule has 0 fully saturated rings. The summed E-state index contributed by atoms with van der Waals surface area (Å²) in [5.74, 6) is 0. The Kier molecular flexibility index (Phi) is 2.83. The second-order valence-corrected chi connectivity index (χ2v) is 7.31. The molecule has 0 saturated carbocycles. The molecule has 1 aliphatic rings. The van der Waals surface area contributed by atoms with Crippen LogP contribution in [0.3, 0.4) is 0 Å². The molecule has 3 rings (SSSR count). The van der Waals surface area contributed by atoms with Crippen molar-refractivity contribution in [2.75, 3.05) is 0 Å².